The summed E-state index contributed by atoms with van der Waals surface area (Å²) in [4.78, 5) is 4.49. The van der Waals surface area contributed by atoms with Gasteiger partial charge in [0.1, 0.15) is 4.90 Å². The fourth-order valence-electron chi connectivity index (χ4n) is 2.14. The number of sulfonamides is 1. The molecule has 22 heavy (non-hydrogen) atoms. The smallest absolute Gasteiger partial charge is 0.242 e. The Balaban J connectivity index is 2.13. The van der Waals surface area contributed by atoms with Crippen molar-refractivity contribution in [2.75, 3.05) is 13.2 Å². The molecule has 1 N–H and O–H groups in total. The first-order valence-electron chi connectivity index (χ1n) is 7.37. The van der Waals surface area contributed by atoms with Gasteiger partial charge in [-0.05, 0) is 44.9 Å². The number of para-hydroxylation sites is 1. The minimum atomic E-state index is -3.57. The number of hydrogen-bond donors (Lipinski definition) is 1. The number of nitrogens with one attached hydrogen (secondary N) is 1. The number of ether oxygens (including phenoxy) is 1. The topological polar surface area (TPSA) is 68.3 Å². The van der Waals surface area contributed by atoms with Crippen LogP contribution in [-0.4, -0.2) is 32.7 Å². The molecule has 2 aromatic rings. The Bertz CT molecular complexity index is 742. The van der Waals surface area contributed by atoms with E-state index in [9.17, 15) is 8.42 Å². The van der Waals surface area contributed by atoms with Gasteiger partial charge in [-0.15, -0.1) is 0 Å². The first-order chi connectivity index (χ1) is 10.4. The zero-order valence-corrected chi connectivity index (χ0v) is 14.0. The van der Waals surface area contributed by atoms with E-state index in [0.29, 0.717) is 25.1 Å². The van der Waals surface area contributed by atoms with Crippen molar-refractivity contribution in [2.24, 2.45) is 0 Å². The second kappa shape index (κ2) is 7.17. The quantitative estimate of drug-likeness (QED) is 0.796. The lowest BCUT2D eigenvalue weighted by molar-refractivity contribution is 0.0778. The van der Waals surface area contributed by atoms with E-state index in [2.05, 4.69) is 9.71 Å². The Kier molecular flexibility index (Phi) is 5.50. The van der Waals surface area contributed by atoms with E-state index in [1.165, 1.54) is 0 Å². The summed E-state index contributed by atoms with van der Waals surface area (Å²) in [6.07, 6.45) is 2.47. The van der Waals surface area contributed by atoms with Gasteiger partial charge in [-0.3, -0.25) is 4.98 Å². The molecule has 0 saturated heterocycles. The standard InChI is InChI=1S/C16H22N2O3S/c1-12(2)21-9-5-8-18-22(19,20)15-7-4-6-14-10-13(3)11-17-16(14)15/h4,6-7,10-12,18H,5,8-9H2,1-3H3. The lowest BCUT2D eigenvalue weighted by atomic mass is 10.2. The molecule has 0 spiro atoms. The van der Waals surface area contributed by atoms with Crippen LogP contribution in [0, 0.1) is 6.92 Å². The Hall–Kier alpha value is -1.50. The summed E-state index contributed by atoms with van der Waals surface area (Å²) >= 11 is 0. The molecule has 0 amide bonds. The van der Waals surface area contributed by atoms with Gasteiger partial charge in [0.2, 0.25) is 10.0 Å². The molecule has 6 heteroatoms. The average Bonchev–Trinajstić information content (AvgIpc) is 2.45. The van der Waals surface area contributed by atoms with Crippen molar-refractivity contribution < 1.29 is 13.2 Å². The fraction of sp³-hybridized carbons (Fsp3) is 0.438. The Labute approximate surface area is 131 Å². The van der Waals surface area contributed by atoms with Gasteiger partial charge >= 0.3 is 0 Å². The van der Waals surface area contributed by atoms with E-state index in [1.54, 1.807) is 18.3 Å². The van der Waals surface area contributed by atoms with Gasteiger partial charge in [-0.1, -0.05) is 12.1 Å². The molecule has 0 atom stereocenters. The Morgan fingerprint density at radius 3 is 2.82 bits per heavy atom. The summed E-state index contributed by atoms with van der Waals surface area (Å²) in [6, 6.07) is 7.11. The molecule has 0 aliphatic heterocycles. The van der Waals surface area contributed by atoms with Gasteiger partial charge in [0, 0.05) is 24.7 Å². The number of hydrogen-bond acceptors (Lipinski definition) is 4. The Morgan fingerprint density at radius 1 is 1.32 bits per heavy atom. The number of pyridine rings is 1. The monoisotopic (exact) mass is 322 g/mol. The summed E-state index contributed by atoms with van der Waals surface area (Å²) in [5, 5.41) is 0.825. The van der Waals surface area contributed by atoms with Crippen LogP contribution < -0.4 is 4.72 Å². The molecule has 1 aromatic carbocycles. The van der Waals surface area contributed by atoms with Crippen LogP contribution in [0.25, 0.3) is 10.9 Å². The predicted molar refractivity (Wildman–Crippen MR) is 87.4 cm³/mol. The second-order valence-corrected chi connectivity index (χ2v) is 7.25. The summed E-state index contributed by atoms with van der Waals surface area (Å²) in [6.45, 7) is 6.72. The lowest BCUT2D eigenvalue weighted by Crippen LogP contribution is -2.26. The highest BCUT2D eigenvalue weighted by Gasteiger charge is 2.17. The number of benzene rings is 1. The van der Waals surface area contributed by atoms with Crippen molar-refractivity contribution in [1.82, 2.24) is 9.71 Å². The summed E-state index contributed by atoms with van der Waals surface area (Å²) in [5.41, 5.74) is 1.50. The third-order valence-electron chi connectivity index (χ3n) is 3.16. The zero-order chi connectivity index (χ0) is 16.2. The van der Waals surface area contributed by atoms with E-state index in [1.807, 2.05) is 32.9 Å². The van der Waals surface area contributed by atoms with Crippen molar-refractivity contribution in [3.8, 4) is 0 Å². The number of rotatable bonds is 7. The summed E-state index contributed by atoms with van der Waals surface area (Å²) in [5.74, 6) is 0. The maximum atomic E-state index is 12.4. The first-order valence-corrected chi connectivity index (χ1v) is 8.85. The largest absolute Gasteiger partial charge is 0.379 e. The van der Waals surface area contributed by atoms with Crippen LogP contribution in [0.2, 0.25) is 0 Å². The molecule has 0 unspecified atom stereocenters. The number of aryl methyl sites for hydroxylation is 1. The molecule has 0 radical (unpaired) electrons. The lowest BCUT2D eigenvalue weighted by Gasteiger charge is -2.10. The van der Waals surface area contributed by atoms with Crippen LogP contribution in [0.5, 0.6) is 0 Å². The zero-order valence-electron chi connectivity index (χ0n) is 13.2. The predicted octanol–water partition coefficient (Wildman–Crippen LogP) is 2.64. The van der Waals surface area contributed by atoms with Gasteiger partial charge in [0.25, 0.3) is 0 Å². The van der Waals surface area contributed by atoms with E-state index >= 15 is 0 Å². The molecule has 0 fully saturated rings. The van der Waals surface area contributed by atoms with Crippen LogP contribution in [0.1, 0.15) is 25.8 Å². The van der Waals surface area contributed by atoms with Crippen molar-refractivity contribution in [3.63, 3.8) is 0 Å². The minimum Gasteiger partial charge on any atom is -0.379 e. The molecule has 1 aromatic heterocycles. The number of nitrogens with zero attached hydrogens (tertiary/aromatic N) is 1. The third-order valence-corrected chi connectivity index (χ3v) is 4.66. The SMILES string of the molecule is Cc1cnc2c(S(=O)(=O)NCCCOC(C)C)cccc2c1. The van der Waals surface area contributed by atoms with Crippen LogP contribution >= 0.6 is 0 Å². The van der Waals surface area contributed by atoms with Crippen molar-refractivity contribution in [2.45, 2.75) is 38.2 Å². The molecule has 0 aliphatic carbocycles. The van der Waals surface area contributed by atoms with E-state index < -0.39 is 10.0 Å². The maximum Gasteiger partial charge on any atom is 0.242 e. The number of aromatic nitrogens is 1. The second-order valence-electron chi connectivity index (χ2n) is 5.51. The molecule has 0 bridgehead atoms. The molecular weight excluding hydrogens is 300 g/mol. The summed E-state index contributed by atoms with van der Waals surface area (Å²) in [7, 11) is -3.57. The van der Waals surface area contributed by atoms with Gasteiger partial charge in [0.15, 0.2) is 0 Å². The van der Waals surface area contributed by atoms with Crippen LogP contribution in [0.15, 0.2) is 35.4 Å². The Morgan fingerprint density at radius 2 is 2.09 bits per heavy atom. The highest BCUT2D eigenvalue weighted by molar-refractivity contribution is 7.89. The highest BCUT2D eigenvalue weighted by atomic mass is 32.2. The third kappa shape index (κ3) is 4.25. The van der Waals surface area contributed by atoms with Gasteiger partial charge in [-0.2, -0.15) is 0 Å². The molecule has 120 valence electrons. The van der Waals surface area contributed by atoms with Gasteiger partial charge in [-0.25, -0.2) is 13.1 Å². The van der Waals surface area contributed by atoms with E-state index in [0.717, 1.165) is 10.9 Å². The summed E-state index contributed by atoms with van der Waals surface area (Å²) < 4.78 is 32.9. The van der Waals surface area contributed by atoms with Gasteiger partial charge < -0.3 is 4.74 Å². The maximum absolute atomic E-state index is 12.4. The average molecular weight is 322 g/mol. The molecule has 0 saturated carbocycles. The normalized spacial score (nSPS) is 12.2. The van der Waals surface area contributed by atoms with Crippen LogP contribution in [0.3, 0.4) is 0 Å². The van der Waals surface area contributed by atoms with E-state index in [4.69, 9.17) is 4.74 Å². The molecule has 1 heterocycles. The van der Waals surface area contributed by atoms with Crippen molar-refractivity contribution >= 4 is 20.9 Å². The van der Waals surface area contributed by atoms with Crippen LogP contribution in [0.4, 0.5) is 0 Å². The first kappa shape index (κ1) is 16.9. The molecule has 5 nitrogen and oxygen atoms in total. The minimum absolute atomic E-state index is 0.155. The molecular formula is C16H22N2O3S. The fourth-order valence-corrected chi connectivity index (χ4v) is 3.39. The number of fused-ring (bicyclic) bond motifs is 1. The van der Waals surface area contributed by atoms with E-state index in [-0.39, 0.29) is 11.0 Å². The molecule has 2 rings (SSSR count). The van der Waals surface area contributed by atoms with Crippen molar-refractivity contribution in [1.29, 1.82) is 0 Å². The highest BCUT2D eigenvalue weighted by Crippen LogP contribution is 2.21. The van der Waals surface area contributed by atoms with Crippen molar-refractivity contribution in [3.05, 3.63) is 36.0 Å². The van der Waals surface area contributed by atoms with Gasteiger partial charge in [0.05, 0.1) is 11.6 Å². The van der Waals surface area contributed by atoms with Crippen LogP contribution in [-0.2, 0) is 14.8 Å². The molecule has 0 aliphatic rings.